The fourth-order valence-corrected chi connectivity index (χ4v) is 2.50. The number of nitrogens with two attached hydrogens (primary N) is 2. The monoisotopic (exact) mass is 152 g/mol. The molecule has 0 aromatic rings. The molecule has 2 bridgehead atoms. The van der Waals surface area contributed by atoms with Gasteiger partial charge < -0.3 is 11.5 Å². The van der Waals surface area contributed by atoms with Gasteiger partial charge in [0, 0.05) is 23.9 Å². The molecular weight excluding hydrogens is 136 g/mol. The molecule has 4 N–H and O–H groups in total. The topological polar surface area (TPSA) is 52.0 Å². The summed E-state index contributed by atoms with van der Waals surface area (Å²) in [5, 5.41) is 0. The van der Waals surface area contributed by atoms with Crippen molar-refractivity contribution in [1.82, 2.24) is 0 Å². The average molecular weight is 152 g/mol. The minimum Gasteiger partial charge on any atom is -0.330 e. The molecule has 0 aromatic carbocycles. The Labute approximate surface area is 67.6 Å². The molecule has 1 saturated carbocycles. The Morgan fingerprint density at radius 2 is 1.45 bits per heavy atom. The van der Waals surface area contributed by atoms with E-state index in [-0.39, 0.29) is 0 Å². The fourth-order valence-electron chi connectivity index (χ4n) is 2.50. The Hall–Kier alpha value is -0.340. The van der Waals surface area contributed by atoms with Gasteiger partial charge in [-0.05, 0) is 19.3 Å². The molecule has 2 heteroatoms. The summed E-state index contributed by atoms with van der Waals surface area (Å²) < 4.78 is 0. The Balaban J connectivity index is 2.23. The molecule has 2 unspecified atom stereocenters. The second kappa shape index (κ2) is 2.08. The summed E-state index contributed by atoms with van der Waals surface area (Å²) in [6.07, 6.45) is 8.29. The fraction of sp³-hybridized carbons (Fsp3) is 0.778. The molecule has 2 rings (SSSR count). The van der Waals surface area contributed by atoms with Gasteiger partial charge in [-0.15, -0.1) is 0 Å². The van der Waals surface area contributed by atoms with Crippen LogP contribution in [0.15, 0.2) is 12.2 Å². The van der Waals surface area contributed by atoms with E-state index < -0.39 is 0 Å². The molecule has 0 spiro atoms. The van der Waals surface area contributed by atoms with Crippen LogP contribution in [0.1, 0.15) is 19.3 Å². The summed E-state index contributed by atoms with van der Waals surface area (Å²) in [5.41, 5.74) is 12.1. The highest BCUT2D eigenvalue weighted by Crippen LogP contribution is 2.55. The largest absolute Gasteiger partial charge is 0.330 e. The van der Waals surface area contributed by atoms with E-state index in [4.69, 9.17) is 11.5 Å². The van der Waals surface area contributed by atoms with Crippen LogP contribution in [0.4, 0.5) is 0 Å². The van der Waals surface area contributed by atoms with E-state index >= 15 is 0 Å². The molecule has 2 aliphatic carbocycles. The zero-order valence-electron chi connectivity index (χ0n) is 6.84. The highest BCUT2D eigenvalue weighted by molar-refractivity contribution is 5.23. The van der Waals surface area contributed by atoms with Crippen molar-refractivity contribution in [2.45, 2.75) is 19.3 Å². The predicted molar refractivity (Wildman–Crippen MR) is 46.0 cm³/mol. The highest BCUT2D eigenvalue weighted by Gasteiger charge is 2.48. The standard InChI is InChI=1S/C9H16N2/c10-6-8-1-2-9(5-8,7-11)4-3-8/h1-2H,3-7,10-11H2. The van der Waals surface area contributed by atoms with Crippen molar-refractivity contribution >= 4 is 0 Å². The van der Waals surface area contributed by atoms with Crippen molar-refractivity contribution in [3.05, 3.63) is 12.2 Å². The van der Waals surface area contributed by atoms with Crippen LogP contribution in [-0.4, -0.2) is 13.1 Å². The minimum atomic E-state index is 0.333. The highest BCUT2D eigenvalue weighted by atomic mass is 14.7. The maximum absolute atomic E-state index is 5.73. The van der Waals surface area contributed by atoms with Gasteiger partial charge in [-0.25, -0.2) is 0 Å². The lowest BCUT2D eigenvalue weighted by atomic mass is 9.88. The van der Waals surface area contributed by atoms with Crippen molar-refractivity contribution < 1.29 is 0 Å². The van der Waals surface area contributed by atoms with E-state index in [1.165, 1.54) is 19.3 Å². The second-order valence-corrected chi connectivity index (χ2v) is 4.14. The third-order valence-electron chi connectivity index (χ3n) is 3.43. The molecule has 2 atom stereocenters. The molecule has 2 nitrogen and oxygen atoms in total. The zero-order chi connectivity index (χ0) is 7.95. The van der Waals surface area contributed by atoms with Crippen LogP contribution in [0.3, 0.4) is 0 Å². The van der Waals surface area contributed by atoms with Crippen molar-refractivity contribution in [1.29, 1.82) is 0 Å². The van der Waals surface area contributed by atoms with Crippen molar-refractivity contribution in [3.63, 3.8) is 0 Å². The Bertz CT molecular complexity index is 180. The van der Waals surface area contributed by atoms with Gasteiger partial charge in [-0.1, -0.05) is 12.2 Å². The Morgan fingerprint density at radius 1 is 1.00 bits per heavy atom. The first-order valence-corrected chi connectivity index (χ1v) is 4.35. The predicted octanol–water partition coefficient (Wildman–Crippen LogP) is 0.630. The van der Waals surface area contributed by atoms with Crippen LogP contribution in [-0.2, 0) is 0 Å². The average Bonchev–Trinajstić information content (AvgIpc) is 2.61. The maximum atomic E-state index is 5.73. The van der Waals surface area contributed by atoms with Crippen LogP contribution >= 0.6 is 0 Å². The molecule has 2 aliphatic rings. The van der Waals surface area contributed by atoms with Gasteiger partial charge in [0.1, 0.15) is 0 Å². The van der Waals surface area contributed by atoms with Gasteiger partial charge in [0.25, 0.3) is 0 Å². The third-order valence-corrected chi connectivity index (χ3v) is 3.43. The molecule has 1 fully saturated rings. The molecule has 0 radical (unpaired) electrons. The van der Waals surface area contributed by atoms with Gasteiger partial charge >= 0.3 is 0 Å². The number of hydrogen-bond acceptors (Lipinski definition) is 2. The van der Waals surface area contributed by atoms with Gasteiger partial charge in [0.05, 0.1) is 0 Å². The van der Waals surface area contributed by atoms with E-state index in [9.17, 15) is 0 Å². The normalized spacial score (nSPS) is 47.1. The first-order chi connectivity index (χ1) is 5.24. The number of hydrogen-bond donors (Lipinski definition) is 2. The van der Waals surface area contributed by atoms with Crippen molar-refractivity contribution in [2.75, 3.05) is 13.1 Å². The van der Waals surface area contributed by atoms with Crippen LogP contribution in [0.2, 0.25) is 0 Å². The van der Waals surface area contributed by atoms with Gasteiger partial charge in [0.2, 0.25) is 0 Å². The van der Waals surface area contributed by atoms with Crippen molar-refractivity contribution in [2.24, 2.45) is 22.3 Å². The molecule has 0 aliphatic heterocycles. The molecular formula is C9H16N2. The molecule has 11 heavy (non-hydrogen) atoms. The van der Waals surface area contributed by atoms with E-state index in [0.29, 0.717) is 10.8 Å². The smallest absolute Gasteiger partial charge is 0.00145 e. The SMILES string of the molecule is NCC12C=CC(CN)(CC1)C2. The lowest BCUT2D eigenvalue weighted by molar-refractivity contribution is 0.375. The quantitative estimate of drug-likeness (QED) is 0.570. The van der Waals surface area contributed by atoms with E-state index in [1.807, 2.05) is 0 Å². The van der Waals surface area contributed by atoms with Crippen LogP contribution in [0, 0.1) is 10.8 Å². The molecule has 0 amide bonds. The second-order valence-electron chi connectivity index (χ2n) is 4.14. The summed E-state index contributed by atoms with van der Waals surface area (Å²) >= 11 is 0. The molecule has 0 aromatic heterocycles. The summed E-state index contributed by atoms with van der Waals surface area (Å²) in [4.78, 5) is 0. The summed E-state index contributed by atoms with van der Waals surface area (Å²) in [5.74, 6) is 0. The molecule has 62 valence electrons. The van der Waals surface area contributed by atoms with E-state index in [2.05, 4.69) is 12.2 Å². The first kappa shape index (κ1) is 7.32. The van der Waals surface area contributed by atoms with Crippen LogP contribution in [0.5, 0.6) is 0 Å². The molecule has 0 saturated heterocycles. The van der Waals surface area contributed by atoms with E-state index in [0.717, 1.165) is 13.1 Å². The third kappa shape index (κ3) is 0.861. The van der Waals surface area contributed by atoms with Crippen molar-refractivity contribution in [3.8, 4) is 0 Å². The summed E-state index contributed by atoms with van der Waals surface area (Å²) in [6.45, 7) is 1.59. The van der Waals surface area contributed by atoms with E-state index in [1.54, 1.807) is 0 Å². The first-order valence-electron chi connectivity index (χ1n) is 4.35. The lowest BCUT2D eigenvalue weighted by Crippen LogP contribution is -2.25. The number of fused-ring (bicyclic) bond motifs is 2. The van der Waals surface area contributed by atoms with Crippen LogP contribution < -0.4 is 11.5 Å². The van der Waals surface area contributed by atoms with Gasteiger partial charge in [-0.2, -0.15) is 0 Å². The Morgan fingerprint density at radius 3 is 1.64 bits per heavy atom. The summed E-state index contributed by atoms with van der Waals surface area (Å²) in [7, 11) is 0. The number of rotatable bonds is 2. The minimum absolute atomic E-state index is 0.333. The maximum Gasteiger partial charge on any atom is 0.00145 e. The Kier molecular flexibility index (Phi) is 1.38. The molecule has 0 heterocycles. The summed E-state index contributed by atoms with van der Waals surface area (Å²) in [6, 6.07) is 0. The van der Waals surface area contributed by atoms with Crippen LogP contribution in [0.25, 0.3) is 0 Å². The van der Waals surface area contributed by atoms with Gasteiger partial charge in [-0.3, -0.25) is 0 Å². The lowest BCUT2D eigenvalue weighted by Gasteiger charge is -2.19. The zero-order valence-corrected chi connectivity index (χ0v) is 6.84. The van der Waals surface area contributed by atoms with Gasteiger partial charge in [0.15, 0.2) is 0 Å².